The van der Waals surface area contributed by atoms with Crippen molar-refractivity contribution in [1.82, 2.24) is 20.9 Å². The summed E-state index contributed by atoms with van der Waals surface area (Å²) in [6.45, 7) is 12.3. The van der Waals surface area contributed by atoms with Crippen LogP contribution in [0.15, 0.2) is 0 Å². The van der Waals surface area contributed by atoms with Crippen molar-refractivity contribution in [3.05, 3.63) is 0 Å². The van der Waals surface area contributed by atoms with Crippen LogP contribution < -0.4 is 21.7 Å². The summed E-state index contributed by atoms with van der Waals surface area (Å²) in [6.07, 6.45) is 5.57. The second kappa shape index (κ2) is 13.9. The molecule has 0 radical (unpaired) electrons. The molecule has 0 aromatic heterocycles. The van der Waals surface area contributed by atoms with Crippen LogP contribution >= 0.6 is 0 Å². The van der Waals surface area contributed by atoms with Gasteiger partial charge in [0.1, 0.15) is 0 Å². The lowest BCUT2D eigenvalue weighted by atomic mass is 10.0. The van der Waals surface area contributed by atoms with Crippen LogP contribution in [0.25, 0.3) is 0 Å². The lowest BCUT2D eigenvalue weighted by Gasteiger charge is -2.32. The first-order valence-electron chi connectivity index (χ1n) is 11.1. The zero-order valence-electron chi connectivity index (χ0n) is 18.4. The third-order valence-corrected chi connectivity index (χ3v) is 5.13. The molecule has 0 saturated carbocycles. The summed E-state index contributed by atoms with van der Waals surface area (Å²) in [6, 6.07) is 0.578. The molecule has 1 fully saturated rings. The zero-order valence-corrected chi connectivity index (χ0v) is 18.4. The summed E-state index contributed by atoms with van der Waals surface area (Å²) in [4.78, 5) is 26.2. The standard InChI is InChI=1S/C21H43N5O2/c1-16(2)7-5-12-24-21(28)19(22)8-6-11-23-20(27)15-26-13-9-18(10-14-26)25-17(3)4/h16-19,25H,5-15,22H2,1-4H3,(H,23,27)(H,24,28)/t19-/m1/s1. The van der Waals surface area contributed by atoms with Gasteiger partial charge in [-0.2, -0.15) is 0 Å². The second-order valence-corrected chi connectivity index (χ2v) is 8.80. The van der Waals surface area contributed by atoms with E-state index in [0.29, 0.717) is 50.5 Å². The van der Waals surface area contributed by atoms with Crippen LogP contribution in [-0.2, 0) is 9.59 Å². The van der Waals surface area contributed by atoms with E-state index in [2.05, 4.69) is 48.5 Å². The Morgan fingerprint density at radius 1 is 1.00 bits per heavy atom. The number of hydrogen-bond acceptors (Lipinski definition) is 5. The second-order valence-electron chi connectivity index (χ2n) is 8.80. The van der Waals surface area contributed by atoms with Gasteiger partial charge in [-0.15, -0.1) is 0 Å². The third kappa shape index (κ3) is 11.6. The van der Waals surface area contributed by atoms with Gasteiger partial charge in [-0.25, -0.2) is 0 Å². The van der Waals surface area contributed by atoms with Gasteiger partial charge in [-0.3, -0.25) is 14.5 Å². The van der Waals surface area contributed by atoms with Gasteiger partial charge in [0.05, 0.1) is 12.6 Å². The van der Waals surface area contributed by atoms with Gasteiger partial charge < -0.3 is 21.7 Å². The van der Waals surface area contributed by atoms with Gasteiger partial charge in [0, 0.05) is 38.3 Å². The number of rotatable bonds is 13. The molecule has 7 nitrogen and oxygen atoms in total. The summed E-state index contributed by atoms with van der Waals surface area (Å²) in [5.41, 5.74) is 5.93. The van der Waals surface area contributed by atoms with Gasteiger partial charge in [0.2, 0.25) is 11.8 Å². The molecular weight excluding hydrogens is 354 g/mol. The van der Waals surface area contributed by atoms with E-state index >= 15 is 0 Å². The molecule has 7 heteroatoms. The number of nitrogens with one attached hydrogen (secondary N) is 3. The molecule has 0 bridgehead atoms. The topological polar surface area (TPSA) is 99.5 Å². The highest BCUT2D eigenvalue weighted by Crippen LogP contribution is 2.10. The average Bonchev–Trinajstić information content (AvgIpc) is 2.63. The average molecular weight is 398 g/mol. The predicted molar refractivity (Wildman–Crippen MR) is 115 cm³/mol. The molecule has 1 aliphatic heterocycles. The number of carbonyl (C=O) groups excluding carboxylic acids is 2. The number of likely N-dealkylation sites (tertiary alicyclic amines) is 1. The zero-order chi connectivity index (χ0) is 20.9. The first-order chi connectivity index (χ1) is 13.3. The highest BCUT2D eigenvalue weighted by Gasteiger charge is 2.21. The monoisotopic (exact) mass is 397 g/mol. The highest BCUT2D eigenvalue weighted by molar-refractivity contribution is 5.81. The molecular formula is C21H43N5O2. The Labute approximate surface area is 171 Å². The van der Waals surface area contributed by atoms with Crippen molar-refractivity contribution in [2.45, 2.75) is 84.3 Å². The Morgan fingerprint density at radius 2 is 1.61 bits per heavy atom. The third-order valence-electron chi connectivity index (χ3n) is 5.13. The van der Waals surface area contributed by atoms with Gasteiger partial charge in [-0.1, -0.05) is 27.7 Å². The van der Waals surface area contributed by atoms with Crippen molar-refractivity contribution in [2.75, 3.05) is 32.7 Å². The summed E-state index contributed by atoms with van der Waals surface area (Å²) in [5, 5.41) is 9.41. The fourth-order valence-electron chi connectivity index (χ4n) is 3.52. The van der Waals surface area contributed by atoms with Gasteiger partial charge in [0.25, 0.3) is 0 Å². The molecule has 1 heterocycles. The predicted octanol–water partition coefficient (Wildman–Crippen LogP) is 1.22. The van der Waals surface area contributed by atoms with Crippen molar-refractivity contribution in [2.24, 2.45) is 11.7 Å². The summed E-state index contributed by atoms with van der Waals surface area (Å²) in [5.74, 6) is 0.618. The van der Waals surface area contributed by atoms with Crippen LogP contribution in [0, 0.1) is 5.92 Å². The van der Waals surface area contributed by atoms with Crippen molar-refractivity contribution in [3.8, 4) is 0 Å². The Balaban J connectivity index is 2.06. The summed E-state index contributed by atoms with van der Waals surface area (Å²) >= 11 is 0. The number of carbonyl (C=O) groups is 2. The van der Waals surface area contributed by atoms with Crippen molar-refractivity contribution >= 4 is 11.8 Å². The summed E-state index contributed by atoms with van der Waals surface area (Å²) in [7, 11) is 0. The van der Waals surface area contributed by atoms with E-state index in [1.807, 2.05) is 0 Å². The normalized spacial score (nSPS) is 17.1. The molecule has 1 saturated heterocycles. The highest BCUT2D eigenvalue weighted by atomic mass is 16.2. The molecule has 1 aliphatic rings. The van der Waals surface area contributed by atoms with Crippen molar-refractivity contribution in [3.63, 3.8) is 0 Å². The van der Waals surface area contributed by atoms with E-state index in [9.17, 15) is 9.59 Å². The maximum Gasteiger partial charge on any atom is 0.236 e. The quantitative estimate of drug-likeness (QED) is 0.350. The number of hydrogen-bond donors (Lipinski definition) is 4. The number of nitrogens with zero attached hydrogens (tertiary/aromatic N) is 1. The molecule has 0 aliphatic carbocycles. The van der Waals surface area contributed by atoms with Crippen LogP contribution in [0.2, 0.25) is 0 Å². The minimum Gasteiger partial charge on any atom is -0.355 e. The molecule has 0 aromatic carbocycles. The maximum absolute atomic E-state index is 12.1. The first kappa shape index (κ1) is 24.9. The molecule has 28 heavy (non-hydrogen) atoms. The molecule has 0 aromatic rings. The lowest BCUT2D eigenvalue weighted by Crippen LogP contribution is -2.47. The smallest absolute Gasteiger partial charge is 0.236 e. The Morgan fingerprint density at radius 3 is 2.21 bits per heavy atom. The van der Waals surface area contributed by atoms with Crippen LogP contribution in [0.4, 0.5) is 0 Å². The molecule has 164 valence electrons. The van der Waals surface area contributed by atoms with Gasteiger partial charge in [-0.05, 0) is 44.4 Å². The number of piperidine rings is 1. The van der Waals surface area contributed by atoms with E-state index in [0.717, 1.165) is 38.8 Å². The van der Waals surface area contributed by atoms with E-state index in [-0.39, 0.29) is 11.8 Å². The maximum atomic E-state index is 12.1. The fourth-order valence-corrected chi connectivity index (χ4v) is 3.52. The van der Waals surface area contributed by atoms with Crippen LogP contribution in [0.3, 0.4) is 0 Å². The lowest BCUT2D eigenvalue weighted by molar-refractivity contribution is -0.122. The SMILES string of the molecule is CC(C)CCCNC(=O)[C@H](N)CCCNC(=O)CN1CCC(NC(C)C)CC1. The largest absolute Gasteiger partial charge is 0.355 e. The molecule has 0 spiro atoms. The molecule has 2 amide bonds. The van der Waals surface area contributed by atoms with Crippen LogP contribution in [0.5, 0.6) is 0 Å². The minimum atomic E-state index is -0.497. The number of amides is 2. The van der Waals surface area contributed by atoms with Gasteiger partial charge in [0.15, 0.2) is 0 Å². The Kier molecular flexibility index (Phi) is 12.3. The molecule has 1 rings (SSSR count). The fraction of sp³-hybridized carbons (Fsp3) is 0.905. The molecule has 1 atom stereocenters. The van der Waals surface area contributed by atoms with Crippen molar-refractivity contribution < 1.29 is 9.59 Å². The van der Waals surface area contributed by atoms with Crippen molar-refractivity contribution in [1.29, 1.82) is 0 Å². The van der Waals surface area contributed by atoms with Crippen LogP contribution in [-0.4, -0.2) is 67.6 Å². The van der Waals surface area contributed by atoms with E-state index in [1.165, 1.54) is 0 Å². The van der Waals surface area contributed by atoms with E-state index < -0.39 is 6.04 Å². The number of nitrogens with two attached hydrogens (primary N) is 1. The summed E-state index contributed by atoms with van der Waals surface area (Å²) < 4.78 is 0. The minimum absolute atomic E-state index is 0.0574. The first-order valence-corrected chi connectivity index (χ1v) is 11.1. The Hall–Kier alpha value is -1.18. The van der Waals surface area contributed by atoms with E-state index in [4.69, 9.17) is 5.73 Å². The molecule has 5 N–H and O–H groups in total. The van der Waals surface area contributed by atoms with Crippen LogP contribution in [0.1, 0.15) is 66.2 Å². The van der Waals surface area contributed by atoms with E-state index in [1.54, 1.807) is 0 Å². The Bertz CT molecular complexity index is 448. The van der Waals surface area contributed by atoms with Gasteiger partial charge >= 0.3 is 0 Å². The molecule has 0 unspecified atom stereocenters.